The van der Waals surface area contributed by atoms with Crippen LogP contribution in [0.2, 0.25) is 0 Å². The van der Waals surface area contributed by atoms with Gasteiger partial charge in [-0.3, -0.25) is 0 Å². The van der Waals surface area contributed by atoms with E-state index in [1.807, 2.05) is 31.2 Å². The molecule has 0 aliphatic heterocycles. The van der Waals surface area contributed by atoms with Crippen molar-refractivity contribution in [2.24, 2.45) is 0 Å². The van der Waals surface area contributed by atoms with Crippen molar-refractivity contribution in [3.63, 3.8) is 0 Å². The third-order valence-corrected chi connectivity index (χ3v) is 5.14. The molecular weight excluding hydrogens is 324 g/mol. The third kappa shape index (κ3) is 3.29. The van der Waals surface area contributed by atoms with Crippen LogP contribution in [0, 0.1) is 6.92 Å². The lowest BCUT2D eigenvalue weighted by molar-refractivity contribution is 0.235. The molecule has 0 saturated carbocycles. The minimum absolute atomic E-state index is 0.103. The predicted molar refractivity (Wildman–Crippen MR) is 103 cm³/mol. The number of aryl methyl sites for hydroxylation is 2. The van der Waals surface area contributed by atoms with Crippen LogP contribution in [0.1, 0.15) is 35.8 Å². The van der Waals surface area contributed by atoms with Crippen LogP contribution < -0.4 is 10.6 Å². The largest absolute Gasteiger partial charge is 0.336 e. The number of amides is 2. The first-order valence-electron chi connectivity index (χ1n) is 9.26. The van der Waals surface area contributed by atoms with Gasteiger partial charge in [0.15, 0.2) is 0 Å². The number of nitrogens with one attached hydrogen (secondary N) is 2. The number of imidazole rings is 1. The van der Waals surface area contributed by atoms with Crippen molar-refractivity contribution in [3.8, 4) is 0 Å². The normalized spacial score (nSPS) is 16.3. The SMILES string of the molecule is Cc1nc2ccccc2n1CCNC(=O)NC1CCCc2ccccc21. The highest BCUT2D eigenvalue weighted by Gasteiger charge is 2.21. The van der Waals surface area contributed by atoms with E-state index >= 15 is 0 Å². The molecule has 1 aliphatic carbocycles. The van der Waals surface area contributed by atoms with Crippen LogP contribution >= 0.6 is 0 Å². The Morgan fingerprint density at radius 3 is 2.92 bits per heavy atom. The Balaban J connectivity index is 1.36. The summed E-state index contributed by atoms with van der Waals surface area (Å²) in [5.41, 5.74) is 4.71. The monoisotopic (exact) mass is 348 g/mol. The molecule has 1 aromatic heterocycles. The zero-order valence-electron chi connectivity index (χ0n) is 15.0. The number of hydrogen-bond donors (Lipinski definition) is 2. The molecule has 0 fully saturated rings. The van der Waals surface area contributed by atoms with Gasteiger partial charge in [-0.05, 0) is 49.4 Å². The topological polar surface area (TPSA) is 59.0 Å². The van der Waals surface area contributed by atoms with E-state index in [9.17, 15) is 4.79 Å². The molecule has 5 heteroatoms. The summed E-state index contributed by atoms with van der Waals surface area (Å²) in [4.78, 5) is 16.9. The van der Waals surface area contributed by atoms with Crippen LogP contribution in [0.25, 0.3) is 11.0 Å². The maximum absolute atomic E-state index is 12.4. The fourth-order valence-corrected chi connectivity index (χ4v) is 3.87. The number of aromatic nitrogens is 2. The van der Waals surface area contributed by atoms with E-state index in [2.05, 4.69) is 44.5 Å². The van der Waals surface area contributed by atoms with Crippen molar-refractivity contribution in [2.75, 3.05) is 6.54 Å². The quantitative estimate of drug-likeness (QED) is 0.755. The van der Waals surface area contributed by atoms with Gasteiger partial charge in [0.25, 0.3) is 0 Å². The second-order valence-corrected chi connectivity index (χ2v) is 6.84. The first-order chi connectivity index (χ1) is 12.7. The van der Waals surface area contributed by atoms with Gasteiger partial charge in [0, 0.05) is 13.1 Å². The summed E-state index contributed by atoms with van der Waals surface area (Å²) in [7, 11) is 0. The number of rotatable bonds is 4. The van der Waals surface area contributed by atoms with Crippen molar-refractivity contribution in [3.05, 3.63) is 65.5 Å². The molecule has 2 amide bonds. The molecule has 3 aromatic rings. The first-order valence-corrected chi connectivity index (χ1v) is 9.26. The zero-order chi connectivity index (χ0) is 17.9. The summed E-state index contributed by atoms with van der Waals surface area (Å²) in [6.45, 7) is 3.28. The number of urea groups is 1. The average Bonchev–Trinajstić information content (AvgIpc) is 2.98. The second kappa shape index (κ2) is 7.20. The van der Waals surface area contributed by atoms with Gasteiger partial charge in [-0.25, -0.2) is 9.78 Å². The first kappa shape index (κ1) is 16.6. The summed E-state index contributed by atoms with van der Waals surface area (Å²) in [6.07, 6.45) is 3.21. The highest BCUT2D eigenvalue weighted by molar-refractivity contribution is 5.76. The number of carbonyl (C=O) groups excluding carboxylic acids is 1. The van der Waals surface area contributed by atoms with Crippen molar-refractivity contribution >= 4 is 17.1 Å². The molecule has 0 bridgehead atoms. The molecule has 5 nitrogen and oxygen atoms in total. The number of fused-ring (bicyclic) bond motifs is 2. The molecule has 1 heterocycles. The Morgan fingerprint density at radius 1 is 1.19 bits per heavy atom. The van der Waals surface area contributed by atoms with Crippen LogP contribution in [-0.4, -0.2) is 22.1 Å². The van der Waals surface area contributed by atoms with Gasteiger partial charge < -0.3 is 15.2 Å². The average molecular weight is 348 g/mol. The number of para-hydroxylation sites is 2. The van der Waals surface area contributed by atoms with E-state index in [0.29, 0.717) is 13.1 Å². The Labute approximate surface area is 153 Å². The third-order valence-electron chi connectivity index (χ3n) is 5.14. The van der Waals surface area contributed by atoms with E-state index < -0.39 is 0 Å². The Kier molecular flexibility index (Phi) is 4.61. The summed E-state index contributed by atoms with van der Waals surface area (Å²) in [5.74, 6) is 0.967. The lowest BCUT2D eigenvalue weighted by Crippen LogP contribution is -2.40. The summed E-state index contributed by atoms with van der Waals surface area (Å²) in [5, 5.41) is 6.12. The molecule has 26 heavy (non-hydrogen) atoms. The van der Waals surface area contributed by atoms with Crippen molar-refractivity contribution in [1.82, 2.24) is 20.2 Å². The number of nitrogens with zero attached hydrogens (tertiary/aromatic N) is 2. The molecule has 4 rings (SSSR count). The van der Waals surface area contributed by atoms with Gasteiger partial charge in [0.05, 0.1) is 17.1 Å². The molecule has 1 atom stereocenters. The van der Waals surface area contributed by atoms with E-state index in [1.165, 1.54) is 11.1 Å². The maximum atomic E-state index is 12.4. The van der Waals surface area contributed by atoms with Crippen molar-refractivity contribution in [1.29, 1.82) is 0 Å². The molecule has 0 saturated heterocycles. The zero-order valence-corrected chi connectivity index (χ0v) is 15.0. The van der Waals surface area contributed by atoms with Gasteiger partial charge in [-0.1, -0.05) is 36.4 Å². The summed E-state index contributed by atoms with van der Waals surface area (Å²) in [6, 6.07) is 16.5. The minimum atomic E-state index is -0.103. The fourth-order valence-electron chi connectivity index (χ4n) is 3.87. The van der Waals surface area contributed by atoms with Crippen LogP contribution in [-0.2, 0) is 13.0 Å². The fraction of sp³-hybridized carbons (Fsp3) is 0.333. The van der Waals surface area contributed by atoms with Crippen molar-refractivity contribution in [2.45, 2.75) is 38.8 Å². The second-order valence-electron chi connectivity index (χ2n) is 6.84. The minimum Gasteiger partial charge on any atom is -0.336 e. The van der Waals surface area contributed by atoms with E-state index in [-0.39, 0.29) is 12.1 Å². The van der Waals surface area contributed by atoms with Crippen LogP contribution in [0.5, 0.6) is 0 Å². The molecule has 0 spiro atoms. The Hall–Kier alpha value is -2.82. The Morgan fingerprint density at radius 2 is 2.00 bits per heavy atom. The summed E-state index contributed by atoms with van der Waals surface area (Å²) < 4.78 is 2.14. The summed E-state index contributed by atoms with van der Waals surface area (Å²) >= 11 is 0. The smallest absolute Gasteiger partial charge is 0.315 e. The highest BCUT2D eigenvalue weighted by atomic mass is 16.2. The van der Waals surface area contributed by atoms with Crippen molar-refractivity contribution < 1.29 is 4.79 Å². The highest BCUT2D eigenvalue weighted by Crippen LogP contribution is 2.29. The standard InChI is InChI=1S/C21H24N4O/c1-15-23-19-10-4-5-12-20(19)25(15)14-13-22-21(26)24-18-11-6-8-16-7-2-3-9-17(16)18/h2-5,7,9-10,12,18H,6,8,11,13-14H2,1H3,(H2,22,24,26). The molecule has 134 valence electrons. The van der Waals surface area contributed by atoms with Gasteiger partial charge in [-0.2, -0.15) is 0 Å². The molecule has 0 radical (unpaired) electrons. The lowest BCUT2D eigenvalue weighted by atomic mass is 9.88. The molecule has 2 N–H and O–H groups in total. The molecule has 2 aromatic carbocycles. The number of carbonyl (C=O) groups is 1. The maximum Gasteiger partial charge on any atom is 0.315 e. The van der Waals surface area contributed by atoms with Crippen LogP contribution in [0.3, 0.4) is 0 Å². The molecular formula is C21H24N4O. The van der Waals surface area contributed by atoms with E-state index in [0.717, 1.165) is 36.1 Å². The van der Waals surface area contributed by atoms with E-state index in [4.69, 9.17) is 0 Å². The molecule has 1 unspecified atom stereocenters. The number of benzene rings is 2. The van der Waals surface area contributed by atoms with Gasteiger partial charge in [0.2, 0.25) is 0 Å². The van der Waals surface area contributed by atoms with Gasteiger partial charge in [-0.15, -0.1) is 0 Å². The van der Waals surface area contributed by atoms with Crippen LogP contribution in [0.15, 0.2) is 48.5 Å². The Bertz CT molecular complexity index is 931. The van der Waals surface area contributed by atoms with Gasteiger partial charge in [0.1, 0.15) is 5.82 Å². The number of hydrogen-bond acceptors (Lipinski definition) is 2. The molecule has 1 aliphatic rings. The lowest BCUT2D eigenvalue weighted by Gasteiger charge is -2.26. The van der Waals surface area contributed by atoms with E-state index in [1.54, 1.807) is 0 Å². The van der Waals surface area contributed by atoms with Crippen LogP contribution in [0.4, 0.5) is 4.79 Å². The predicted octanol–water partition coefficient (Wildman–Crippen LogP) is 3.72. The van der Waals surface area contributed by atoms with Gasteiger partial charge >= 0.3 is 6.03 Å².